The molecule has 0 aromatic heterocycles. The third kappa shape index (κ3) is 2.23. The molecule has 0 bridgehead atoms. The van der Waals surface area contributed by atoms with E-state index in [0.29, 0.717) is 0 Å². The number of hydrogen-bond acceptors (Lipinski definition) is 4. The second kappa shape index (κ2) is 4.42. The summed E-state index contributed by atoms with van der Waals surface area (Å²) in [5.74, 6) is -2.15. The maximum atomic E-state index is 13.1. The van der Waals surface area contributed by atoms with E-state index >= 15 is 0 Å². The van der Waals surface area contributed by atoms with Gasteiger partial charge >= 0.3 is 5.97 Å². The van der Waals surface area contributed by atoms with Gasteiger partial charge in [-0.15, -0.1) is 0 Å². The molecule has 1 N–H and O–H groups in total. The van der Waals surface area contributed by atoms with Crippen molar-refractivity contribution in [1.82, 2.24) is 0 Å². The zero-order valence-corrected chi connectivity index (χ0v) is 7.95. The van der Waals surface area contributed by atoms with Crippen LogP contribution in [0.5, 0.6) is 5.75 Å². The normalized spacial score (nSPS) is 9.40. The van der Waals surface area contributed by atoms with E-state index in [9.17, 15) is 14.3 Å². The van der Waals surface area contributed by atoms with E-state index < -0.39 is 17.5 Å². The number of phenolic OH excluding ortho intramolecular Hbond substituents is 1. The lowest BCUT2D eigenvalue weighted by molar-refractivity contribution is 0.0522. The molecular formula is C10H8FNO3. The zero-order chi connectivity index (χ0) is 11.4. The average Bonchev–Trinajstić information content (AvgIpc) is 2.21. The fourth-order valence-electron chi connectivity index (χ4n) is 1.02. The Balaban J connectivity index is 3.17. The molecule has 0 amide bonds. The fraction of sp³-hybridized carbons (Fsp3) is 0.200. The molecule has 1 aromatic carbocycles. The molecule has 0 spiro atoms. The number of hydrogen-bond donors (Lipinski definition) is 1. The second-order valence-electron chi connectivity index (χ2n) is 2.68. The molecule has 0 heterocycles. The summed E-state index contributed by atoms with van der Waals surface area (Å²) < 4.78 is 17.7. The van der Waals surface area contributed by atoms with Crippen molar-refractivity contribution < 1.29 is 19.0 Å². The Labute approximate surface area is 85.5 Å². The van der Waals surface area contributed by atoms with Crippen LogP contribution in [0.25, 0.3) is 0 Å². The van der Waals surface area contributed by atoms with Crippen LogP contribution in [0, 0.1) is 17.1 Å². The quantitative estimate of drug-likeness (QED) is 0.750. The molecule has 0 unspecified atom stereocenters. The van der Waals surface area contributed by atoms with E-state index in [1.165, 1.54) is 0 Å². The maximum absolute atomic E-state index is 13.1. The summed E-state index contributed by atoms with van der Waals surface area (Å²) in [7, 11) is 0. The van der Waals surface area contributed by atoms with Crippen molar-refractivity contribution in [2.75, 3.05) is 6.61 Å². The largest absolute Gasteiger partial charge is 0.507 e. The van der Waals surface area contributed by atoms with Crippen LogP contribution in [-0.4, -0.2) is 17.7 Å². The molecule has 0 atom stereocenters. The minimum atomic E-state index is -0.863. The van der Waals surface area contributed by atoms with Crippen LogP contribution in [0.15, 0.2) is 12.1 Å². The van der Waals surface area contributed by atoms with Crippen LogP contribution >= 0.6 is 0 Å². The van der Waals surface area contributed by atoms with Gasteiger partial charge in [0.05, 0.1) is 12.2 Å². The third-order valence-corrected chi connectivity index (χ3v) is 1.70. The highest BCUT2D eigenvalue weighted by atomic mass is 19.1. The molecule has 0 fully saturated rings. The summed E-state index contributed by atoms with van der Waals surface area (Å²) in [5.41, 5.74) is -0.603. The molecule has 0 saturated heterocycles. The van der Waals surface area contributed by atoms with Crippen molar-refractivity contribution in [2.45, 2.75) is 6.92 Å². The molecule has 1 aromatic rings. The van der Waals surface area contributed by atoms with Gasteiger partial charge in [-0.1, -0.05) is 0 Å². The number of halogens is 1. The van der Waals surface area contributed by atoms with Gasteiger partial charge < -0.3 is 9.84 Å². The van der Waals surface area contributed by atoms with E-state index in [0.717, 1.165) is 12.1 Å². The summed E-state index contributed by atoms with van der Waals surface area (Å²) >= 11 is 0. The van der Waals surface area contributed by atoms with Gasteiger partial charge in [-0.2, -0.15) is 5.26 Å². The monoisotopic (exact) mass is 209 g/mol. The van der Waals surface area contributed by atoms with Crippen LogP contribution in [0.1, 0.15) is 22.8 Å². The molecule has 0 saturated carbocycles. The first-order valence-corrected chi connectivity index (χ1v) is 4.19. The number of phenols is 1. The van der Waals surface area contributed by atoms with Gasteiger partial charge in [-0.05, 0) is 13.0 Å². The van der Waals surface area contributed by atoms with Gasteiger partial charge in [0, 0.05) is 6.07 Å². The van der Waals surface area contributed by atoms with Crippen LogP contribution < -0.4 is 0 Å². The van der Waals surface area contributed by atoms with Crippen molar-refractivity contribution in [3.8, 4) is 11.8 Å². The molecule has 15 heavy (non-hydrogen) atoms. The Bertz CT molecular complexity index is 437. The van der Waals surface area contributed by atoms with Crippen LogP contribution in [0.2, 0.25) is 0 Å². The van der Waals surface area contributed by atoms with Crippen molar-refractivity contribution in [3.05, 3.63) is 29.1 Å². The number of benzene rings is 1. The summed E-state index contributed by atoms with van der Waals surface area (Å²) in [4.78, 5) is 11.2. The molecule has 0 radical (unpaired) electrons. The minimum absolute atomic E-state index is 0.125. The summed E-state index contributed by atoms with van der Waals surface area (Å²) in [5, 5.41) is 17.8. The van der Waals surface area contributed by atoms with Crippen LogP contribution in [0.3, 0.4) is 0 Å². The number of aromatic hydroxyl groups is 1. The lowest BCUT2D eigenvalue weighted by atomic mass is 10.1. The number of esters is 1. The predicted octanol–water partition coefficient (Wildman–Crippen LogP) is 1.58. The molecule has 4 nitrogen and oxygen atoms in total. The number of nitriles is 1. The van der Waals surface area contributed by atoms with Crippen LogP contribution in [0.4, 0.5) is 4.39 Å². The molecule has 0 aliphatic rings. The molecular weight excluding hydrogens is 201 g/mol. The van der Waals surface area contributed by atoms with E-state index in [1.807, 2.05) is 0 Å². The van der Waals surface area contributed by atoms with E-state index in [4.69, 9.17) is 5.26 Å². The molecule has 1 rings (SSSR count). The number of nitrogens with zero attached hydrogens (tertiary/aromatic N) is 1. The molecule has 0 aliphatic heterocycles. The Morgan fingerprint density at radius 1 is 1.67 bits per heavy atom. The minimum Gasteiger partial charge on any atom is -0.507 e. The second-order valence-corrected chi connectivity index (χ2v) is 2.68. The van der Waals surface area contributed by atoms with Gasteiger partial charge in [-0.25, -0.2) is 9.18 Å². The van der Waals surface area contributed by atoms with Crippen LogP contribution in [-0.2, 0) is 4.74 Å². The van der Waals surface area contributed by atoms with Crippen molar-refractivity contribution in [1.29, 1.82) is 5.26 Å². The lowest BCUT2D eigenvalue weighted by Gasteiger charge is -2.04. The first-order valence-electron chi connectivity index (χ1n) is 4.19. The maximum Gasteiger partial charge on any atom is 0.342 e. The number of carbonyl (C=O) groups excluding carboxylic acids is 1. The first-order chi connectivity index (χ1) is 7.10. The standard InChI is InChI=1S/C10H8FNO3/c1-2-15-10(14)7-4-8(11)6(5-12)3-9(7)13/h3-4,13H,2H2,1H3. The number of ether oxygens (including phenoxy) is 1. The first kappa shape index (κ1) is 11.0. The van der Waals surface area contributed by atoms with Gasteiger partial charge in [0.2, 0.25) is 0 Å². The highest BCUT2D eigenvalue weighted by Crippen LogP contribution is 2.22. The van der Waals surface area contributed by atoms with E-state index in [2.05, 4.69) is 4.74 Å². The summed E-state index contributed by atoms with van der Waals surface area (Å²) in [6.07, 6.45) is 0. The number of rotatable bonds is 2. The average molecular weight is 209 g/mol. The molecule has 78 valence electrons. The highest BCUT2D eigenvalue weighted by molar-refractivity contribution is 5.92. The highest BCUT2D eigenvalue weighted by Gasteiger charge is 2.16. The summed E-state index contributed by atoms with van der Waals surface area (Å²) in [6, 6.07) is 3.22. The third-order valence-electron chi connectivity index (χ3n) is 1.70. The van der Waals surface area contributed by atoms with E-state index in [1.54, 1.807) is 13.0 Å². The predicted molar refractivity (Wildman–Crippen MR) is 48.7 cm³/mol. The lowest BCUT2D eigenvalue weighted by Crippen LogP contribution is -2.06. The Kier molecular flexibility index (Phi) is 3.24. The van der Waals surface area contributed by atoms with Gasteiger partial charge in [0.15, 0.2) is 0 Å². The zero-order valence-electron chi connectivity index (χ0n) is 7.95. The summed E-state index contributed by atoms with van der Waals surface area (Å²) in [6.45, 7) is 1.72. The number of carbonyl (C=O) groups is 1. The Hall–Kier alpha value is -2.09. The van der Waals surface area contributed by atoms with Gasteiger partial charge in [0.25, 0.3) is 0 Å². The SMILES string of the molecule is CCOC(=O)c1cc(F)c(C#N)cc1O. The molecule has 5 heteroatoms. The van der Waals surface area contributed by atoms with Gasteiger partial charge in [0.1, 0.15) is 23.2 Å². The van der Waals surface area contributed by atoms with Crippen molar-refractivity contribution in [2.24, 2.45) is 0 Å². The smallest absolute Gasteiger partial charge is 0.342 e. The van der Waals surface area contributed by atoms with Crippen molar-refractivity contribution >= 4 is 5.97 Å². The topological polar surface area (TPSA) is 70.3 Å². The van der Waals surface area contributed by atoms with Crippen molar-refractivity contribution in [3.63, 3.8) is 0 Å². The van der Waals surface area contributed by atoms with E-state index in [-0.39, 0.29) is 17.7 Å². The molecule has 0 aliphatic carbocycles. The van der Waals surface area contributed by atoms with Gasteiger partial charge in [-0.3, -0.25) is 0 Å². The Morgan fingerprint density at radius 2 is 2.33 bits per heavy atom. The fourth-order valence-corrected chi connectivity index (χ4v) is 1.02. The Morgan fingerprint density at radius 3 is 2.87 bits per heavy atom.